The average molecular weight is 208 g/mol. The Labute approximate surface area is 48.1 Å². The third kappa shape index (κ3) is 11.7. The molecule has 0 spiro atoms. The monoisotopic (exact) mass is 209 g/mol. The molecule has 0 heterocycles. The van der Waals surface area contributed by atoms with Crippen LogP contribution in [0.4, 0.5) is 0 Å². The molecular weight excluding hydrogens is 208 g/mol. The molecule has 2 nitrogen and oxygen atoms in total. The van der Waals surface area contributed by atoms with Crippen LogP contribution in [0.1, 0.15) is 0 Å². The molecule has 0 aliphatic rings. The van der Waals surface area contributed by atoms with Crippen LogP contribution in [0.25, 0.3) is 0 Å². The average Bonchev–Trinajstić information content (AvgIpc) is 1.50. The quantitative estimate of drug-likeness (QED) is 0.514. The van der Waals surface area contributed by atoms with Crippen LogP contribution in [0, 0.1) is 0 Å². The van der Waals surface area contributed by atoms with E-state index < -0.39 is 0 Å². The Morgan fingerprint density at radius 2 is 1.25 bits per heavy atom. The van der Waals surface area contributed by atoms with Gasteiger partial charge in [0.1, 0.15) is 0 Å². The van der Waals surface area contributed by atoms with Crippen molar-refractivity contribution in [2.24, 2.45) is 0 Å². The van der Waals surface area contributed by atoms with E-state index >= 15 is 0 Å². The predicted molar refractivity (Wildman–Crippen MR) is 1.37 cm³/mol. The minimum absolute atomic E-state index is 0.1000. The van der Waals surface area contributed by atoms with Crippen LogP contribution in [0.5, 0.6) is 0 Å². The summed E-state index contributed by atoms with van der Waals surface area (Å²) in [5, 5.41) is 0. The van der Waals surface area contributed by atoms with Gasteiger partial charge in [-0.25, -0.2) is 0 Å². The molecule has 4 heavy (non-hydrogen) atoms. The van der Waals surface area contributed by atoms with Crippen molar-refractivity contribution in [2.45, 2.75) is 0 Å². The summed E-state index contributed by atoms with van der Waals surface area (Å²) in [7, 11) is 0. The first-order chi connectivity index (χ1) is 2.00. The summed E-state index contributed by atoms with van der Waals surface area (Å²) in [6.07, 6.45) is 0. The van der Waals surface area contributed by atoms with E-state index in [1.165, 1.54) is 0 Å². The van der Waals surface area contributed by atoms with E-state index in [1.807, 2.05) is 0 Å². The minimum atomic E-state index is -0.1000. The Balaban J connectivity index is 0. The maximum atomic E-state index is 8.42. The van der Waals surface area contributed by atoms with E-state index in [0.29, 0.717) is 0 Å². The van der Waals surface area contributed by atoms with E-state index in [-0.39, 0.29) is 25.8 Å². The molecule has 4 heteroatoms. The van der Waals surface area contributed by atoms with Gasteiger partial charge >= 0.3 is 48.2 Å². The molecule has 0 aliphatic carbocycles. The molecule has 0 aromatic carbocycles. The standard InChI is InChI=1S/Cd.Cu.2O. The molecule has 0 fully saturated rings. The molecule has 0 aromatic rings. The molecular formula is CdCuO2. The molecule has 0 N–H and O–H groups in total. The van der Waals surface area contributed by atoms with Gasteiger partial charge in [0.2, 0.25) is 0 Å². The molecule has 0 aromatic heterocycles. The van der Waals surface area contributed by atoms with Crippen molar-refractivity contribution >= 4 is 0 Å². The van der Waals surface area contributed by atoms with E-state index in [2.05, 4.69) is 15.9 Å². The summed E-state index contributed by atoms with van der Waals surface area (Å²) in [5.41, 5.74) is 0. The molecule has 0 rings (SSSR count). The van der Waals surface area contributed by atoms with Gasteiger partial charge in [0.05, 0.1) is 0 Å². The molecule has 25 valence electrons. The van der Waals surface area contributed by atoms with Crippen LogP contribution in [0.3, 0.4) is 0 Å². The Hall–Kier alpha value is 1.04. The topological polar surface area (TPSA) is 34.1 Å². The van der Waals surface area contributed by atoms with Crippen molar-refractivity contribution in [3.05, 3.63) is 0 Å². The second-order valence-electron chi connectivity index (χ2n) is 0. The second-order valence-corrected chi connectivity index (χ2v) is 0. The maximum absolute atomic E-state index is 8.42. The molecule has 0 saturated heterocycles. The van der Waals surface area contributed by atoms with Crippen molar-refractivity contribution in [1.29, 1.82) is 0 Å². The molecule has 0 saturated carbocycles. The van der Waals surface area contributed by atoms with Crippen molar-refractivity contribution in [2.75, 3.05) is 0 Å². The molecule has 0 unspecified atom stereocenters. The summed E-state index contributed by atoms with van der Waals surface area (Å²) in [6.45, 7) is 0. The first-order valence-corrected chi connectivity index (χ1v) is 2.44. The summed E-state index contributed by atoms with van der Waals surface area (Å²) in [4.78, 5) is 0. The SMILES string of the molecule is [O]=[Cd].[O]=[Cu]. The summed E-state index contributed by atoms with van der Waals surface area (Å²) in [6, 6.07) is 0. The van der Waals surface area contributed by atoms with Gasteiger partial charge in [0, 0.05) is 0 Å². The van der Waals surface area contributed by atoms with Crippen molar-refractivity contribution < 1.29 is 48.2 Å². The van der Waals surface area contributed by atoms with Gasteiger partial charge in [-0.05, 0) is 0 Å². The molecule has 0 radical (unpaired) electrons. The molecule has 0 amide bonds. The van der Waals surface area contributed by atoms with Gasteiger partial charge in [0.15, 0.2) is 0 Å². The fraction of sp³-hybridized carbons (Fsp3) is 0. The zero-order chi connectivity index (χ0) is 4.00. The van der Waals surface area contributed by atoms with Gasteiger partial charge in [-0.15, -0.1) is 0 Å². The van der Waals surface area contributed by atoms with Crippen LogP contribution < -0.4 is 0 Å². The van der Waals surface area contributed by atoms with E-state index in [0.717, 1.165) is 0 Å². The molecule has 0 aliphatic heterocycles. The zero-order valence-corrected chi connectivity index (χ0v) is 6.80. The van der Waals surface area contributed by atoms with Crippen LogP contribution in [-0.4, -0.2) is 0 Å². The Kier molecular flexibility index (Phi) is 76.7. The molecule has 0 bridgehead atoms. The first kappa shape index (κ1) is 8.90. The van der Waals surface area contributed by atoms with Crippen LogP contribution in [0.2, 0.25) is 0 Å². The van der Waals surface area contributed by atoms with Crippen LogP contribution in [-0.2, 0) is 48.2 Å². The Morgan fingerprint density at radius 3 is 1.25 bits per heavy atom. The summed E-state index contributed by atoms with van der Waals surface area (Å²) in [5.74, 6) is 0. The third-order valence-electron chi connectivity index (χ3n) is 0. The van der Waals surface area contributed by atoms with E-state index in [9.17, 15) is 0 Å². The fourth-order valence-electron chi connectivity index (χ4n) is 0. The van der Waals surface area contributed by atoms with E-state index in [4.69, 9.17) is 6.52 Å². The Morgan fingerprint density at radius 1 is 1.25 bits per heavy atom. The number of rotatable bonds is 0. The fourth-order valence-corrected chi connectivity index (χ4v) is 0. The van der Waals surface area contributed by atoms with Crippen LogP contribution >= 0.6 is 0 Å². The predicted octanol–water partition coefficient (Wildman–Crippen LogP) is -0.243. The zero-order valence-electron chi connectivity index (χ0n) is 1.83. The van der Waals surface area contributed by atoms with Gasteiger partial charge in [-0.1, -0.05) is 0 Å². The second kappa shape index (κ2) is 34.5. The van der Waals surface area contributed by atoms with Gasteiger partial charge < -0.3 is 0 Å². The van der Waals surface area contributed by atoms with Gasteiger partial charge in [-0.3, -0.25) is 0 Å². The van der Waals surface area contributed by atoms with Crippen LogP contribution in [0.15, 0.2) is 0 Å². The summed E-state index contributed by atoms with van der Waals surface area (Å²) < 4.78 is 16.2. The normalized spacial score (nSPS) is 3.00. The Bertz CT molecular complexity index is 8.00. The van der Waals surface area contributed by atoms with Gasteiger partial charge in [0.25, 0.3) is 0 Å². The van der Waals surface area contributed by atoms with E-state index in [1.54, 1.807) is 0 Å². The molecule has 0 atom stereocenters. The number of hydrogen-bond donors (Lipinski definition) is 0. The van der Waals surface area contributed by atoms with Crippen molar-refractivity contribution in [3.63, 3.8) is 0 Å². The number of hydrogen-bond acceptors (Lipinski definition) is 2. The first-order valence-electron chi connectivity index (χ1n) is 0.412. The van der Waals surface area contributed by atoms with Crippen molar-refractivity contribution in [3.8, 4) is 0 Å². The summed E-state index contributed by atoms with van der Waals surface area (Å²) >= 11 is 2.84. The third-order valence-corrected chi connectivity index (χ3v) is 0. The van der Waals surface area contributed by atoms with Crippen molar-refractivity contribution in [1.82, 2.24) is 0 Å². The van der Waals surface area contributed by atoms with Gasteiger partial charge in [-0.2, -0.15) is 0 Å².